The van der Waals surface area contributed by atoms with Gasteiger partial charge in [-0.25, -0.2) is 0 Å². The number of piperazine rings is 1. The van der Waals surface area contributed by atoms with Crippen LogP contribution < -0.4 is 10.6 Å². The molecule has 3 fully saturated rings. The molecular weight excluding hydrogens is 306 g/mol. The minimum Gasteiger partial charge on any atom is -0.376 e. The van der Waals surface area contributed by atoms with Gasteiger partial charge >= 0.3 is 0 Å². The lowest BCUT2D eigenvalue weighted by Gasteiger charge is -2.33. The molecule has 0 spiro atoms. The van der Waals surface area contributed by atoms with Gasteiger partial charge in [-0.1, -0.05) is 0 Å². The summed E-state index contributed by atoms with van der Waals surface area (Å²) >= 11 is 0. The van der Waals surface area contributed by atoms with E-state index in [1.807, 2.05) is 4.90 Å². The van der Waals surface area contributed by atoms with Crippen molar-refractivity contribution in [2.24, 2.45) is 5.92 Å². The highest BCUT2D eigenvalue weighted by atomic mass is 35.5. The third-order valence-corrected chi connectivity index (χ3v) is 4.50. The van der Waals surface area contributed by atoms with E-state index in [-0.39, 0.29) is 42.8 Å². The van der Waals surface area contributed by atoms with E-state index in [0.29, 0.717) is 12.5 Å². The number of carbonyl (C=O) groups excluding carboxylic acids is 2. The first kappa shape index (κ1) is 17.5. The Hall–Kier alpha value is -0.850. The van der Waals surface area contributed by atoms with Crippen LogP contribution in [0.15, 0.2) is 0 Å². The molecule has 0 bridgehead atoms. The van der Waals surface area contributed by atoms with Crippen LogP contribution in [0.25, 0.3) is 0 Å². The lowest BCUT2D eigenvalue weighted by atomic mass is 10.1. The summed E-state index contributed by atoms with van der Waals surface area (Å²) in [6.07, 6.45) is 4.94. The fourth-order valence-corrected chi connectivity index (χ4v) is 3.04. The molecule has 7 heteroatoms. The van der Waals surface area contributed by atoms with Gasteiger partial charge in [-0.15, -0.1) is 12.4 Å². The maximum atomic E-state index is 12.3. The van der Waals surface area contributed by atoms with Crippen molar-refractivity contribution in [3.8, 4) is 0 Å². The first-order valence-electron chi connectivity index (χ1n) is 8.13. The molecule has 0 aromatic carbocycles. The number of nitrogens with one attached hydrogen (secondary N) is 2. The van der Waals surface area contributed by atoms with E-state index in [0.717, 1.165) is 39.1 Å². The molecule has 126 valence electrons. The molecule has 2 aliphatic heterocycles. The molecule has 2 N–H and O–H groups in total. The van der Waals surface area contributed by atoms with Crippen LogP contribution in [0, 0.1) is 5.92 Å². The minimum absolute atomic E-state index is 0. The number of carbonyl (C=O) groups is 2. The summed E-state index contributed by atoms with van der Waals surface area (Å²) in [6, 6.07) is -0.359. The van der Waals surface area contributed by atoms with E-state index >= 15 is 0 Å². The van der Waals surface area contributed by atoms with Crippen LogP contribution in [0.2, 0.25) is 0 Å². The van der Waals surface area contributed by atoms with Gasteiger partial charge in [0.2, 0.25) is 11.8 Å². The van der Waals surface area contributed by atoms with Gasteiger partial charge in [-0.3, -0.25) is 9.59 Å². The first-order chi connectivity index (χ1) is 10.2. The maximum absolute atomic E-state index is 12.3. The Morgan fingerprint density at radius 3 is 2.86 bits per heavy atom. The fraction of sp³-hybridized carbons (Fsp3) is 0.867. The molecule has 1 aliphatic carbocycles. The van der Waals surface area contributed by atoms with E-state index in [9.17, 15) is 9.59 Å². The molecule has 2 heterocycles. The summed E-state index contributed by atoms with van der Waals surface area (Å²) in [4.78, 5) is 26.2. The molecule has 3 aliphatic rings. The summed E-state index contributed by atoms with van der Waals surface area (Å²) in [6.45, 7) is 3.77. The van der Waals surface area contributed by atoms with Gasteiger partial charge in [0.1, 0.15) is 0 Å². The number of ether oxygens (including phenoxy) is 1. The second-order valence-electron chi connectivity index (χ2n) is 6.38. The van der Waals surface area contributed by atoms with Gasteiger partial charge in [0, 0.05) is 32.8 Å². The molecule has 2 unspecified atom stereocenters. The van der Waals surface area contributed by atoms with E-state index in [1.165, 1.54) is 12.8 Å². The molecule has 3 rings (SSSR count). The van der Waals surface area contributed by atoms with Crippen molar-refractivity contribution in [3.05, 3.63) is 0 Å². The van der Waals surface area contributed by atoms with Crippen molar-refractivity contribution in [2.75, 3.05) is 32.8 Å². The quantitative estimate of drug-likeness (QED) is 0.734. The highest BCUT2D eigenvalue weighted by molar-refractivity contribution is 5.89. The Balaban J connectivity index is 0.00000176. The van der Waals surface area contributed by atoms with Crippen molar-refractivity contribution < 1.29 is 14.3 Å². The molecule has 2 atom stereocenters. The predicted molar refractivity (Wildman–Crippen MR) is 84.9 cm³/mol. The average Bonchev–Trinajstić information content (AvgIpc) is 3.13. The lowest BCUT2D eigenvalue weighted by Crippen LogP contribution is -2.56. The van der Waals surface area contributed by atoms with E-state index in [1.54, 1.807) is 0 Å². The topological polar surface area (TPSA) is 70.7 Å². The first-order valence-corrected chi connectivity index (χ1v) is 8.13. The van der Waals surface area contributed by atoms with Crippen molar-refractivity contribution in [2.45, 2.75) is 44.2 Å². The second-order valence-corrected chi connectivity index (χ2v) is 6.38. The standard InChI is InChI=1S/C15H25N3O3.ClH/c19-14(17-9-12-2-1-7-21-12)8-13-15(20)18(6-5-16-13)10-11-3-4-11;/h11-13,16H,1-10H2,(H,17,19);1H. The molecule has 0 aromatic rings. The minimum atomic E-state index is -0.359. The number of hydrogen-bond acceptors (Lipinski definition) is 4. The largest absolute Gasteiger partial charge is 0.376 e. The number of amides is 2. The smallest absolute Gasteiger partial charge is 0.240 e. The molecule has 2 amide bonds. The van der Waals surface area contributed by atoms with Crippen molar-refractivity contribution in [3.63, 3.8) is 0 Å². The Kier molecular flexibility index (Phi) is 6.47. The van der Waals surface area contributed by atoms with Gasteiger partial charge in [-0.05, 0) is 31.6 Å². The van der Waals surface area contributed by atoms with Crippen molar-refractivity contribution in [1.29, 1.82) is 0 Å². The SMILES string of the molecule is Cl.O=C(CC1NCCN(CC2CC2)C1=O)NCC1CCCO1. The van der Waals surface area contributed by atoms with Crippen molar-refractivity contribution >= 4 is 24.2 Å². The normalized spacial score (nSPS) is 28.4. The van der Waals surface area contributed by atoms with E-state index < -0.39 is 0 Å². The average molecular weight is 332 g/mol. The Morgan fingerprint density at radius 2 is 2.18 bits per heavy atom. The molecule has 2 saturated heterocycles. The highest BCUT2D eigenvalue weighted by Gasteiger charge is 2.33. The molecule has 0 radical (unpaired) electrons. The summed E-state index contributed by atoms with van der Waals surface area (Å²) < 4.78 is 5.48. The Bertz CT molecular complexity index is 397. The van der Waals surface area contributed by atoms with Crippen molar-refractivity contribution in [1.82, 2.24) is 15.5 Å². The van der Waals surface area contributed by atoms with Crippen LogP contribution in [-0.4, -0.2) is 61.6 Å². The molecule has 22 heavy (non-hydrogen) atoms. The molecule has 0 aromatic heterocycles. The fourth-order valence-electron chi connectivity index (χ4n) is 3.04. The summed E-state index contributed by atoms with van der Waals surface area (Å²) in [5, 5.41) is 6.05. The maximum Gasteiger partial charge on any atom is 0.240 e. The zero-order valence-corrected chi connectivity index (χ0v) is 13.7. The number of hydrogen-bond donors (Lipinski definition) is 2. The zero-order chi connectivity index (χ0) is 14.7. The lowest BCUT2D eigenvalue weighted by molar-refractivity contribution is -0.138. The summed E-state index contributed by atoms with van der Waals surface area (Å²) in [7, 11) is 0. The zero-order valence-electron chi connectivity index (χ0n) is 12.9. The van der Waals surface area contributed by atoms with Gasteiger partial charge in [0.05, 0.1) is 18.6 Å². The molecule has 6 nitrogen and oxygen atoms in total. The second kappa shape index (κ2) is 8.13. The monoisotopic (exact) mass is 331 g/mol. The van der Waals surface area contributed by atoms with Gasteiger partial charge in [-0.2, -0.15) is 0 Å². The number of nitrogens with zero attached hydrogens (tertiary/aromatic N) is 1. The third-order valence-electron chi connectivity index (χ3n) is 4.50. The highest BCUT2D eigenvalue weighted by Crippen LogP contribution is 2.30. The van der Waals surface area contributed by atoms with Crippen LogP contribution in [0.5, 0.6) is 0 Å². The number of rotatable bonds is 6. The van der Waals surface area contributed by atoms with Crippen LogP contribution in [0.1, 0.15) is 32.1 Å². The third kappa shape index (κ3) is 4.83. The van der Waals surface area contributed by atoms with E-state index in [4.69, 9.17) is 4.74 Å². The van der Waals surface area contributed by atoms with Gasteiger partial charge in [0.15, 0.2) is 0 Å². The molecular formula is C15H26ClN3O3. The summed E-state index contributed by atoms with van der Waals surface area (Å²) in [5.41, 5.74) is 0. The summed E-state index contributed by atoms with van der Waals surface area (Å²) in [5.74, 6) is 0.714. The van der Waals surface area contributed by atoms with Gasteiger partial charge < -0.3 is 20.3 Å². The van der Waals surface area contributed by atoms with Crippen LogP contribution in [0.4, 0.5) is 0 Å². The number of halogens is 1. The predicted octanol–water partition coefficient (Wildman–Crippen LogP) is 0.304. The Morgan fingerprint density at radius 1 is 1.36 bits per heavy atom. The van der Waals surface area contributed by atoms with Crippen LogP contribution >= 0.6 is 12.4 Å². The van der Waals surface area contributed by atoms with Crippen LogP contribution in [-0.2, 0) is 14.3 Å². The Labute approximate surface area is 137 Å². The van der Waals surface area contributed by atoms with Gasteiger partial charge in [0.25, 0.3) is 0 Å². The molecule has 1 saturated carbocycles. The van der Waals surface area contributed by atoms with Crippen LogP contribution in [0.3, 0.4) is 0 Å². The van der Waals surface area contributed by atoms with E-state index in [2.05, 4.69) is 10.6 Å².